The van der Waals surface area contributed by atoms with Gasteiger partial charge in [-0.05, 0) is 13.3 Å². The summed E-state index contributed by atoms with van der Waals surface area (Å²) in [4.78, 5) is 0. The van der Waals surface area contributed by atoms with Crippen LogP contribution >= 0.6 is 0 Å². The van der Waals surface area contributed by atoms with Gasteiger partial charge in [0.15, 0.2) is 0 Å². The molecule has 0 aliphatic carbocycles. The Hall–Kier alpha value is -1.33. The van der Waals surface area contributed by atoms with Crippen LogP contribution in [-0.4, -0.2) is 22.8 Å². The lowest BCUT2D eigenvalue weighted by Gasteiger charge is -2.09. The Morgan fingerprint density at radius 1 is 1.53 bits per heavy atom. The van der Waals surface area contributed by atoms with Crippen LogP contribution in [0, 0.1) is 6.92 Å². The molecule has 0 saturated heterocycles. The third kappa shape index (κ3) is 2.81. The SMILES string of the molecule is CCCn1nc(C)c(N)c1NCC(F)F. The number of hydrogen-bond donors (Lipinski definition) is 2. The minimum Gasteiger partial charge on any atom is -0.394 e. The van der Waals surface area contributed by atoms with Gasteiger partial charge in [0.05, 0.1) is 17.9 Å². The summed E-state index contributed by atoms with van der Waals surface area (Å²) < 4.78 is 25.7. The van der Waals surface area contributed by atoms with E-state index in [4.69, 9.17) is 5.73 Å². The molecule has 3 N–H and O–H groups in total. The lowest BCUT2D eigenvalue weighted by molar-refractivity contribution is 0.163. The second-order valence-electron chi connectivity index (χ2n) is 3.34. The Bertz CT molecular complexity index is 322. The fraction of sp³-hybridized carbons (Fsp3) is 0.667. The molecule has 0 aliphatic heterocycles. The molecular formula is C9H16F2N4. The number of nitrogens with one attached hydrogen (secondary N) is 1. The molecule has 0 amide bonds. The minimum absolute atomic E-state index is 0.404. The third-order valence-electron chi connectivity index (χ3n) is 2.03. The maximum absolute atomic E-state index is 12.0. The molecule has 6 heteroatoms. The number of nitrogens with zero attached hydrogens (tertiary/aromatic N) is 2. The van der Waals surface area contributed by atoms with Crippen molar-refractivity contribution in [3.8, 4) is 0 Å². The van der Waals surface area contributed by atoms with Crippen molar-refractivity contribution >= 4 is 11.5 Å². The smallest absolute Gasteiger partial charge is 0.255 e. The fourth-order valence-corrected chi connectivity index (χ4v) is 1.33. The molecule has 0 aromatic carbocycles. The maximum atomic E-state index is 12.0. The van der Waals surface area contributed by atoms with Crippen LogP contribution in [0.25, 0.3) is 0 Å². The van der Waals surface area contributed by atoms with E-state index in [0.29, 0.717) is 23.7 Å². The number of alkyl halides is 2. The summed E-state index contributed by atoms with van der Waals surface area (Å²) in [6.45, 7) is 4.02. The highest BCUT2D eigenvalue weighted by Gasteiger charge is 2.13. The van der Waals surface area contributed by atoms with Gasteiger partial charge in [-0.15, -0.1) is 0 Å². The first-order chi connectivity index (χ1) is 7.06. The molecule has 0 aliphatic rings. The van der Waals surface area contributed by atoms with E-state index in [1.54, 1.807) is 11.6 Å². The van der Waals surface area contributed by atoms with Crippen LogP contribution in [-0.2, 0) is 6.54 Å². The van der Waals surface area contributed by atoms with Gasteiger partial charge < -0.3 is 11.1 Å². The summed E-state index contributed by atoms with van der Waals surface area (Å²) >= 11 is 0. The molecule has 15 heavy (non-hydrogen) atoms. The van der Waals surface area contributed by atoms with Gasteiger partial charge >= 0.3 is 0 Å². The molecule has 1 heterocycles. The molecule has 1 rings (SSSR count). The molecule has 0 bridgehead atoms. The summed E-state index contributed by atoms with van der Waals surface area (Å²) in [5, 5.41) is 6.77. The molecule has 0 spiro atoms. The van der Waals surface area contributed by atoms with E-state index in [1.807, 2.05) is 6.92 Å². The molecule has 86 valence electrons. The first kappa shape index (κ1) is 11.7. The zero-order valence-corrected chi connectivity index (χ0v) is 8.93. The first-order valence-corrected chi connectivity index (χ1v) is 4.91. The summed E-state index contributed by atoms with van der Waals surface area (Å²) in [7, 11) is 0. The predicted molar refractivity (Wildman–Crippen MR) is 56.2 cm³/mol. The number of nitrogen functional groups attached to an aromatic ring is 1. The number of hydrogen-bond acceptors (Lipinski definition) is 3. The quantitative estimate of drug-likeness (QED) is 0.793. The van der Waals surface area contributed by atoms with E-state index < -0.39 is 13.0 Å². The summed E-state index contributed by atoms with van der Waals surface area (Å²) in [6.07, 6.45) is -1.51. The van der Waals surface area contributed by atoms with Crippen molar-refractivity contribution in [3.63, 3.8) is 0 Å². The Labute approximate surface area is 87.4 Å². The molecule has 1 aromatic heterocycles. The topological polar surface area (TPSA) is 55.9 Å². The number of aromatic nitrogens is 2. The van der Waals surface area contributed by atoms with Crippen molar-refractivity contribution in [2.45, 2.75) is 33.2 Å². The van der Waals surface area contributed by atoms with Gasteiger partial charge in [0.2, 0.25) is 0 Å². The van der Waals surface area contributed by atoms with E-state index in [0.717, 1.165) is 6.42 Å². The van der Waals surface area contributed by atoms with Gasteiger partial charge in [-0.2, -0.15) is 5.10 Å². The van der Waals surface area contributed by atoms with Crippen LogP contribution < -0.4 is 11.1 Å². The molecule has 4 nitrogen and oxygen atoms in total. The minimum atomic E-state index is -2.39. The van der Waals surface area contributed by atoms with Crippen LogP contribution in [0.4, 0.5) is 20.3 Å². The molecule has 0 saturated carbocycles. The predicted octanol–water partition coefficient (Wildman–Crippen LogP) is 1.86. The maximum Gasteiger partial charge on any atom is 0.255 e. The summed E-state index contributed by atoms with van der Waals surface area (Å²) in [5.41, 5.74) is 6.84. The van der Waals surface area contributed by atoms with E-state index in [-0.39, 0.29) is 0 Å². The standard InChI is InChI=1S/C9H16F2N4/c1-3-4-15-9(13-5-7(10)11)8(12)6(2)14-15/h7,13H,3-5,12H2,1-2H3. The highest BCUT2D eigenvalue weighted by molar-refractivity contribution is 5.64. The highest BCUT2D eigenvalue weighted by Crippen LogP contribution is 2.22. The molecular weight excluding hydrogens is 202 g/mol. The number of halogens is 2. The van der Waals surface area contributed by atoms with Crippen molar-refractivity contribution in [1.29, 1.82) is 0 Å². The average Bonchev–Trinajstić information content (AvgIpc) is 2.41. The van der Waals surface area contributed by atoms with Gasteiger partial charge in [0.25, 0.3) is 6.43 Å². The van der Waals surface area contributed by atoms with Crippen LogP contribution in [0.3, 0.4) is 0 Å². The normalized spacial score (nSPS) is 11.0. The van der Waals surface area contributed by atoms with Gasteiger partial charge in [0.1, 0.15) is 5.82 Å². The van der Waals surface area contributed by atoms with Crippen molar-refractivity contribution < 1.29 is 8.78 Å². The molecule has 1 aromatic rings. The molecule has 0 fully saturated rings. The van der Waals surface area contributed by atoms with Gasteiger partial charge in [-0.25, -0.2) is 13.5 Å². The Balaban J connectivity index is 2.82. The fourth-order valence-electron chi connectivity index (χ4n) is 1.33. The van der Waals surface area contributed by atoms with Crippen LogP contribution in [0.5, 0.6) is 0 Å². The number of anilines is 2. The molecule has 0 radical (unpaired) electrons. The van der Waals surface area contributed by atoms with Crippen LogP contribution in [0.2, 0.25) is 0 Å². The Morgan fingerprint density at radius 3 is 2.73 bits per heavy atom. The van der Waals surface area contributed by atoms with E-state index in [2.05, 4.69) is 10.4 Å². The van der Waals surface area contributed by atoms with Crippen molar-refractivity contribution in [1.82, 2.24) is 9.78 Å². The largest absolute Gasteiger partial charge is 0.394 e. The zero-order chi connectivity index (χ0) is 11.4. The second kappa shape index (κ2) is 4.95. The number of aryl methyl sites for hydroxylation is 2. The summed E-state index contributed by atoms with van der Waals surface area (Å²) in [5.74, 6) is 0.495. The molecule has 0 unspecified atom stereocenters. The number of rotatable bonds is 5. The lowest BCUT2D eigenvalue weighted by Crippen LogP contribution is -2.15. The van der Waals surface area contributed by atoms with E-state index >= 15 is 0 Å². The lowest BCUT2D eigenvalue weighted by atomic mass is 10.4. The zero-order valence-electron chi connectivity index (χ0n) is 8.93. The highest BCUT2D eigenvalue weighted by atomic mass is 19.3. The Kier molecular flexibility index (Phi) is 3.88. The van der Waals surface area contributed by atoms with Crippen molar-refractivity contribution in [3.05, 3.63) is 5.69 Å². The monoisotopic (exact) mass is 218 g/mol. The van der Waals surface area contributed by atoms with Crippen LogP contribution in [0.1, 0.15) is 19.0 Å². The number of nitrogens with two attached hydrogens (primary N) is 1. The first-order valence-electron chi connectivity index (χ1n) is 4.91. The van der Waals surface area contributed by atoms with Gasteiger partial charge in [0, 0.05) is 6.54 Å². The van der Waals surface area contributed by atoms with Gasteiger partial charge in [-0.3, -0.25) is 0 Å². The van der Waals surface area contributed by atoms with Crippen LogP contribution in [0.15, 0.2) is 0 Å². The second-order valence-corrected chi connectivity index (χ2v) is 3.34. The van der Waals surface area contributed by atoms with E-state index in [1.165, 1.54) is 0 Å². The molecule has 0 atom stereocenters. The van der Waals surface area contributed by atoms with Gasteiger partial charge in [-0.1, -0.05) is 6.92 Å². The van der Waals surface area contributed by atoms with Crippen molar-refractivity contribution in [2.24, 2.45) is 0 Å². The van der Waals surface area contributed by atoms with Crippen molar-refractivity contribution in [2.75, 3.05) is 17.6 Å². The summed E-state index contributed by atoms with van der Waals surface area (Å²) in [6, 6.07) is 0. The average molecular weight is 218 g/mol. The third-order valence-corrected chi connectivity index (χ3v) is 2.03. The van der Waals surface area contributed by atoms with E-state index in [9.17, 15) is 8.78 Å². The Morgan fingerprint density at radius 2 is 2.20 bits per heavy atom.